The predicted octanol–water partition coefficient (Wildman–Crippen LogP) is 4.48. The first-order valence-electron chi connectivity index (χ1n) is 13.0. The third-order valence-electron chi connectivity index (χ3n) is 8.15. The Hall–Kier alpha value is -3.34. The molecule has 210 valence electrons. The Labute approximate surface area is 223 Å². The first-order valence-corrected chi connectivity index (χ1v) is 13.0. The van der Waals surface area contributed by atoms with E-state index in [2.05, 4.69) is 10.6 Å². The van der Waals surface area contributed by atoms with Gasteiger partial charge in [-0.2, -0.15) is 13.2 Å². The number of alkyl halides is 3. The van der Waals surface area contributed by atoms with Gasteiger partial charge < -0.3 is 25.0 Å². The van der Waals surface area contributed by atoms with E-state index in [1.807, 2.05) is 0 Å². The van der Waals surface area contributed by atoms with Gasteiger partial charge in [0.2, 0.25) is 0 Å². The maximum Gasteiger partial charge on any atom is 0.430 e. The van der Waals surface area contributed by atoms with Crippen LogP contribution in [0.2, 0.25) is 0 Å². The van der Waals surface area contributed by atoms with Crippen LogP contribution in [-0.2, 0) is 15.1 Å². The number of benzene rings is 2. The molecule has 1 aliphatic carbocycles. The number of ether oxygens (including phenoxy) is 2. The Bertz CT molecular complexity index is 1210. The van der Waals surface area contributed by atoms with Gasteiger partial charge in [0.15, 0.2) is 0 Å². The zero-order valence-corrected chi connectivity index (χ0v) is 21.5. The van der Waals surface area contributed by atoms with E-state index in [-0.39, 0.29) is 44.0 Å². The first kappa shape index (κ1) is 27.2. The van der Waals surface area contributed by atoms with Crippen molar-refractivity contribution in [2.24, 2.45) is 5.92 Å². The smallest absolute Gasteiger partial charge is 0.430 e. The van der Waals surface area contributed by atoms with Gasteiger partial charge in [-0.3, -0.25) is 4.79 Å². The lowest BCUT2D eigenvalue weighted by molar-refractivity contribution is -0.270. The summed E-state index contributed by atoms with van der Waals surface area (Å²) in [7, 11) is 0.880. The molecule has 1 saturated carbocycles. The predicted molar refractivity (Wildman–Crippen MR) is 134 cm³/mol. The molecule has 0 bridgehead atoms. The fourth-order valence-electron chi connectivity index (χ4n) is 5.78. The van der Waals surface area contributed by atoms with E-state index in [0.29, 0.717) is 23.8 Å². The molecule has 11 heteroatoms. The highest BCUT2D eigenvalue weighted by atomic mass is 19.4. The highest BCUT2D eigenvalue weighted by Crippen LogP contribution is 2.46. The average Bonchev–Trinajstić information content (AvgIpc) is 3.74. The van der Waals surface area contributed by atoms with Crippen molar-refractivity contribution in [2.75, 3.05) is 33.4 Å². The number of nitrogens with zero attached hydrogens (tertiary/aromatic N) is 1. The topological polar surface area (TPSA) is 79.9 Å². The second-order valence-electron chi connectivity index (χ2n) is 10.5. The van der Waals surface area contributed by atoms with Gasteiger partial charge >= 0.3 is 12.2 Å². The molecule has 2 aliphatic heterocycles. The molecule has 3 aliphatic rings. The molecule has 2 saturated heterocycles. The molecule has 1 spiro atoms. The number of halogens is 4. The summed E-state index contributed by atoms with van der Waals surface area (Å²) in [6.45, 7) is 0.625. The lowest BCUT2D eigenvalue weighted by Gasteiger charge is -2.50. The second-order valence-corrected chi connectivity index (χ2v) is 10.5. The van der Waals surface area contributed by atoms with E-state index in [0.717, 1.165) is 24.9 Å². The molecule has 39 heavy (non-hydrogen) atoms. The van der Waals surface area contributed by atoms with Crippen molar-refractivity contribution < 1.29 is 36.6 Å². The van der Waals surface area contributed by atoms with Gasteiger partial charge in [-0.15, -0.1) is 0 Å². The van der Waals surface area contributed by atoms with Crippen molar-refractivity contribution >= 4 is 11.9 Å². The minimum atomic E-state index is -5.01. The molecule has 2 aromatic carbocycles. The third-order valence-corrected chi connectivity index (χ3v) is 8.15. The first-order chi connectivity index (χ1) is 18.6. The van der Waals surface area contributed by atoms with Crippen LogP contribution in [0, 0.1) is 11.7 Å². The highest BCUT2D eigenvalue weighted by Gasteiger charge is 2.64. The Kier molecular flexibility index (Phi) is 7.21. The number of likely N-dealkylation sites (tertiary alicyclic amines) is 1. The molecule has 0 radical (unpaired) electrons. The summed E-state index contributed by atoms with van der Waals surface area (Å²) in [5.41, 5.74) is -3.62. The molecule has 3 amide bonds. The number of nitrogens with one attached hydrogen (secondary N) is 2. The van der Waals surface area contributed by atoms with Crippen LogP contribution in [0.3, 0.4) is 0 Å². The normalized spacial score (nSPS) is 22.5. The zero-order valence-electron chi connectivity index (χ0n) is 21.5. The fraction of sp³-hybridized carbons (Fsp3) is 0.500. The van der Waals surface area contributed by atoms with Crippen LogP contribution in [0.25, 0.3) is 0 Å². The zero-order chi connectivity index (χ0) is 27.8. The summed E-state index contributed by atoms with van der Waals surface area (Å²) in [6, 6.07) is 10.8. The lowest BCUT2D eigenvalue weighted by Crippen LogP contribution is -2.67. The maximum absolute atomic E-state index is 14.5. The van der Waals surface area contributed by atoms with Crippen molar-refractivity contribution in [3.05, 3.63) is 65.5 Å². The number of hydrogen-bond donors (Lipinski definition) is 2. The SMILES string of the molecule is CO[C@@](C(=O)N1CCC2(CC1)NC(=O)NCC2c1ccc(F)cc1OCC1CC1)(c1ccccc1)C(F)(F)F. The average molecular weight is 550 g/mol. The molecule has 3 fully saturated rings. The number of hydrogen-bond acceptors (Lipinski definition) is 4. The van der Waals surface area contributed by atoms with Gasteiger partial charge in [-0.1, -0.05) is 36.4 Å². The van der Waals surface area contributed by atoms with Crippen molar-refractivity contribution in [2.45, 2.75) is 48.9 Å². The number of carbonyl (C=O) groups excluding carboxylic acids is 2. The number of urea groups is 1. The molecule has 1 unspecified atom stereocenters. The van der Waals surface area contributed by atoms with E-state index in [9.17, 15) is 27.2 Å². The summed E-state index contributed by atoms with van der Waals surface area (Å²) < 4.78 is 68.5. The molecule has 2 heterocycles. The largest absolute Gasteiger partial charge is 0.493 e. The number of piperidine rings is 1. The summed E-state index contributed by atoms with van der Waals surface area (Å²) in [5, 5.41) is 5.76. The Morgan fingerprint density at radius 3 is 2.41 bits per heavy atom. The van der Waals surface area contributed by atoms with Gasteiger partial charge in [0.05, 0.1) is 12.1 Å². The molecule has 0 aromatic heterocycles. The van der Waals surface area contributed by atoms with Gasteiger partial charge in [-0.25, -0.2) is 9.18 Å². The summed E-state index contributed by atoms with van der Waals surface area (Å²) in [6.07, 6.45) is -2.50. The van der Waals surface area contributed by atoms with Gasteiger partial charge in [-0.05, 0) is 37.7 Å². The van der Waals surface area contributed by atoms with E-state index in [4.69, 9.17) is 9.47 Å². The van der Waals surface area contributed by atoms with Crippen molar-refractivity contribution in [1.29, 1.82) is 0 Å². The fourth-order valence-corrected chi connectivity index (χ4v) is 5.78. The van der Waals surface area contributed by atoms with Crippen LogP contribution < -0.4 is 15.4 Å². The maximum atomic E-state index is 14.5. The number of rotatable bonds is 7. The van der Waals surface area contributed by atoms with E-state index >= 15 is 0 Å². The van der Waals surface area contributed by atoms with Crippen molar-refractivity contribution in [1.82, 2.24) is 15.5 Å². The number of methoxy groups -OCH3 is 1. The molecule has 2 N–H and O–H groups in total. The quantitative estimate of drug-likeness (QED) is 0.500. The molecule has 2 aromatic rings. The second kappa shape index (κ2) is 10.3. The Balaban J connectivity index is 1.42. The summed E-state index contributed by atoms with van der Waals surface area (Å²) in [4.78, 5) is 27.2. The molecular weight excluding hydrogens is 518 g/mol. The third kappa shape index (κ3) is 5.04. The summed E-state index contributed by atoms with van der Waals surface area (Å²) >= 11 is 0. The van der Waals surface area contributed by atoms with E-state index in [1.165, 1.54) is 36.4 Å². The number of carbonyl (C=O) groups is 2. The van der Waals surface area contributed by atoms with Gasteiger partial charge in [0, 0.05) is 49.9 Å². The van der Waals surface area contributed by atoms with Crippen LogP contribution in [0.5, 0.6) is 5.75 Å². The van der Waals surface area contributed by atoms with Crippen LogP contribution in [-0.4, -0.2) is 61.9 Å². The molecular formula is C28H31F4N3O4. The van der Waals surface area contributed by atoms with E-state index < -0.39 is 35.1 Å². The van der Waals surface area contributed by atoms with Crippen LogP contribution >= 0.6 is 0 Å². The standard InChI is InChI=1S/C28H31F4N3O4/c1-38-27(28(30,31)32,19-5-3-2-4-6-19)24(36)35-13-11-26(12-14-35)22(16-33-25(37)34-26)21-10-9-20(29)15-23(21)39-17-18-7-8-18/h2-6,9-10,15,18,22H,7-8,11-14,16-17H2,1H3,(H2,33,34,37)/t22?,27-/m1/s1. The van der Waals surface area contributed by atoms with Crippen LogP contribution in [0.1, 0.15) is 42.7 Å². The molecule has 7 nitrogen and oxygen atoms in total. The van der Waals surface area contributed by atoms with Crippen molar-refractivity contribution in [3.8, 4) is 5.75 Å². The Morgan fingerprint density at radius 2 is 1.79 bits per heavy atom. The van der Waals surface area contributed by atoms with Crippen LogP contribution in [0.15, 0.2) is 48.5 Å². The van der Waals surface area contributed by atoms with Crippen molar-refractivity contribution in [3.63, 3.8) is 0 Å². The minimum Gasteiger partial charge on any atom is -0.493 e. The highest BCUT2D eigenvalue weighted by molar-refractivity contribution is 5.88. The molecule has 5 rings (SSSR count). The molecule has 2 atom stereocenters. The van der Waals surface area contributed by atoms with Gasteiger partial charge in [0.1, 0.15) is 11.6 Å². The van der Waals surface area contributed by atoms with Gasteiger partial charge in [0.25, 0.3) is 11.5 Å². The number of amides is 3. The van der Waals surface area contributed by atoms with Crippen LogP contribution in [0.4, 0.5) is 22.4 Å². The lowest BCUT2D eigenvalue weighted by atomic mass is 9.71. The Morgan fingerprint density at radius 1 is 1.10 bits per heavy atom. The minimum absolute atomic E-state index is 0.0386. The van der Waals surface area contributed by atoms with E-state index in [1.54, 1.807) is 12.1 Å². The summed E-state index contributed by atoms with van der Waals surface area (Å²) in [5.74, 6) is -1.18. The monoisotopic (exact) mass is 549 g/mol.